The van der Waals surface area contributed by atoms with E-state index in [1.807, 2.05) is 0 Å². The fourth-order valence-electron chi connectivity index (χ4n) is 1.64. The van der Waals surface area contributed by atoms with Gasteiger partial charge in [-0.1, -0.05) is 17.3 Å². The Morgan fingerprint density at radius 1 is 1.21 bits per heavy atom. The predicted molar refractivity (Wildman–Crippen MR) is 62.1 cm³/mol. The van der Waals surface area contributed by atoms with E-state index in [2.05, 4.69) is 10.1 Å². The maximum atomic E-state index is 12.8. The molecule has 0 aliphatic carbocycles. The molecule has 19 heavy (non-hydrogen) atoms. The molecule has 0 unspecified atom stereocenters. The fourth-order valence-corrected chi connectivity index (χ4v) is 1.64. The highest BCUT2D eigenvalue weighted by Gasteiger charge is 2.34. The van der Waals surface area contributed by atoms with E-state index in [1.54, 1.807) is 0 Å². The molecule has 1 aromatic carbocycles. The topological polar surface area (TPSA) is 64.9 Å². The second-order valence-electron chi connectivity index (χ2n) is 3.95. The van der Waals surface area contributed by atoms with Crippen LogP contribution in [-0.2, 0) is 12.6 Å². The summed E-state index contributed by atoms with van der Waals surface area (Å²) in [5.74, 6) is 0.234. The average Bonchev–Trinajstić information content (AvgIpc) is 2.84. The Balaban J connectivity index is 2.34. The van der Waals surface area contributed by atoms with Crippen LogP contribution in [0.4, 0.5) is 13.2 Å². The summed E-state index contributed by atoms with van der Waals surface area (Å²) < 4.78 is 43.4. The molecular weight excluding hydrogens is 259 g/mol. The highest BCUT2D eigenvalue weighted by molar-refractivity contribution is 5.59. The van der Waals surface area contributed by atoms with Gasteiger partial charge in [0, 0.05) is 6.42 Å². The highest BCUT2D eigenvalue weighted by Crippen LogP contribution is 2.36. The number of halogens is 3. The van der Waals surface area contributed by atoms with Gasteiger partial charge in [-0.2, -0.15) is 18.2 Å². The van der Waals surface area contributed by atoms with E-state index in [9.17, 15) is 13.2 Å². The van der Waals surface area contributed by atoms with Gasteiger partial charge in [-0.3, -0.25) is 0 Å². The molecule has 102 valence electrons. The molecule has 0 bridgehead atoms. The number of aromatic nitrogens is 2. The van der Waals surface area contributed by atoms with Gasteiger partial charge in [0.25, 0.3) is 5.89 Å². The molecule has 2 aromatic rings. The summed E-state index contributed by atoms with van der Waals surface area (Å²) >= 11 is 0. The summed E-state index contributed by atoms with van der Waals surface area (Å²) in [6, 6.07) is 5.11. The molecular formula is C12H12F3N3O. The van der Waals surface area contributed by atoms with Crippen LogP contribution in [0.3, 0.4) is 0 Å². The third-order valence-corrected chi connectivity index (χ3v) is 2.54. The number of hydrogen-bond acceptors (Lipinski definition) is 4. The van der Waals surface area contributed by atoms with Crippen molar-refractivity contribution >= 4 is 0 Å². The third kappa shape index (κ3) is 3.11. The van der Waals surface area contributed by atoms with Crippen molar-refractivity contribution in [1.29, 1.82) is 0 Å². The number of nitrogens with zero attached hydrogens (tertiary/aromatic N) is 2. The summed E-state index contributed by atoms with van der Waals surface area (Å²) in [7, 11) is 0. The fraction of sp³-hybridized carbons (Fsp3) is 0.333. The minimum absolute atomic E-state index is 0.110. The van der Waals surface area contributed by atoms with Crippen molar-refractivity contribution in [1.82, 2.24) is 10.1 Å². The number of hydrogen-bond donors (Lipinski definition) is 1. The second-order valence-corrected chi connectivity index (χ2v) is 3.95. The van der Waals surface area contributed by atoms with E-state index in [1.165, 1.54) is 18.2 Å². The maximum absolute atomic E-state index is 12.8. The van der Waals surface area contributed by atoms with Crippen LogP contribution in [0.15, 0.2) is 28.8 Å². The SMILES string of the molecule is NCCCc1noc(-c2ccccc2C(F)(F)F)n1. The largest absolute Gasteiger partial charge is 0.417 e. The van der Waals surface area contributed by atoms with Gasteiger partial charge in [-0.05, 0) is 25.1 Å². The number of benzene rings is 1. The molecule has 0 atom stereocenters. The Morgan fingerprint density at radius 2 is 1.95 bits per heavy atom. The number of rotatable bonds is 4. The standard InChI is InChI=1S/C12H12F3N3O/c13-12(14,15)9-5-2-1-4-8(9)11-17-10(18-19-11)6-3-7-16/h1-2,4-5H,3,6-7,16H2. The first kappa shape index (κ1) is 13.5. The Labute approximate surface area is 107 Å². The summed E-state index contributed by atoms with van der Waals surface area (Å²) in [5, 5.41) is 3.64. The van der Waals surface area contributed by atoms with Crippen LogP contribution < -0.4 is 5.73 Å². The van der Waals surface area contributed by atoms with Gasteiger partial charge in [0.15, 0.2) is 5.82 Å². The first-order valence-corrected chi connectivity index (χ1v) is 5.71. The highest BCUT2D eigenvalue weighted by atomic mass is 19.4. The monoisotopic (exact) mass is 271 g/mol. The molecule has 0 saturated heterocycles. The van der Waals surface area contributed by atoms with Gasteiger partial charge in [-0.15, -0.1) is 0 Å². The lowest BCUT2D eigenvalue weighted by atomic mass is 10.1. The van der Waals surface area contributed by atoms with Crippen molar-refractivity contribution < 1.29 is 17.7 Å². The molecule has 4 nitrogen and oxygen atoms in total. The molecule has 1 aromatic heterocycles. The molecule has 2 N–H and O–H groups in total. The van der Waals surface area contributed by atoms with Gasteiger partial charge < -0.3 is 10.3 Å². The van der Waals surface area contributed by atoms with Gasteiger partial charge in [-0.25, -0.2) is 0 Å². The first-order valence-electron chi connectivity index (χ1n) is 5.71. The Bertz CT molecular complexity index is 551. The van der Waals surface area contributed by atoms with E-state index in [0.717, 1.165) is 6.07 Å². The minimum atomic E-state index is -4.46. The maximum Gasteiger partial charge on any atom is 0.417 e. The summed E-state index contributed by atoms with van der Waals surface area (Å²) in [6.07, 6.45) is -3.32. The molecule has 0 amide bonds. The van der Waals surface area contributed by atoms with Crippen molar-refractivity contribution in [2.24, 2.45) is 5.73 Å². The zero-order valence-electron chi connectivity index (χ0n) is 9.94. The molecule has 0 radical (unpaired) electrons. The number of aryl methyl sites for hydroxylation is 1. The van der Waals surface area contributed by atoms with Crippen molar-refractivity contribution in [3.8, 4) is 11.5 Å². The van der Waals surface area contributed by atoms with Crippen LogP contribution in [0, 0.1) is 0 Å². The Morgan fingerprint density at radius 3 is 2.63 bits per heavy atom. The van der Waals surface area contributed by atoms with E-state index >= 15 is 0 Å². The van der Waals surface area contributed by atoms with Gasteiger partial charge in [0.2, 0.25) is 0 Å². The molecule has 0 fully saturated rings. The Hall–Kier alpha value is -1.89. The second kappa shape index (κ2) is 5.40. The quantitative estimate of drug-likeness (QED) is 0.928. The Kier molecular flexibility index (Phi) is 3.84. The zero-order chi connectivity index (χ0) is 13.9. The smallest absolute Gasteiger partial charge is 0.334 e. The van der Waals surface area contributed by atoms with Crippen molar-refractivity contribution in [2.45, 2.75) is 19.0 Å². The van der Waals surface area contributed by atoms with Gasteiger partial charge in [0.05, 0.1) is 11.1 Å². The molecule has 0 spiro atoms. The lowest BCUT2D eigenvalue weighted by Gasteiger charge is -2.09. The first-order chi connectivity index (χ1) is 9.02. The van der Waals surface area contributed by atoms with Crippen LogP contribution in [0.25, 0.3) is 11.5 Å². The number of nitrogens with two attached hydrogens (primary N) is 1. The number of alkyl halides is 3. The van der Waals surface area contributed by atoms with Crippen LogP contribution >= 0.6 is 0 Å². The van der Waals surface area contributed by atoms with Gasteiger partial charge in [0.1, 0.15) is 0 Å². The molecule has 0 aliphatic rings. The van der Waals surface area contributed by atoms with Crippen LogP contribution in [-0.4, -0.2) is 16.7 Å². The van der Waals surface area contributed by atoms with Crippen molar-refractivity contribution in [3.05, 3.63) is 35.7 Å². The van der Waals surface area contributed by atoms with Crippen molar-refractivity contribution in [3.63, 3.8) is 0 Å². The summed E-state index contributed by atoms with van der Waals surface area (Å²) in [5.41, 5.74) is 4.44. The minimum Gasteiger partial charge on any atom is -0.334 e. The van der Waals surface area contributed by atoms with Crippen molar-refractivity contribution in [2.75, 3.05) is 6.54 Å². The zero-order valence-corrected chi connectivity index (χ0v) is 9.94. The average molecular weight is 271 g/mol. The third-order valence-electron chi connectivity index (χ3n) is 2.54. The van der Waals surface area contributed by atoms with E-state index in [0.29, 0.717) is 25.2 Å². The molecule has 1 heterocycles. The molecule has 2 rings (SSSR count). The molecule has 0 aliphatic heterocycles. The van der Waals surface area contributed by atoms with Gasteiger partial charge >= 0.3 is 6.18 Å². The van der Waals surface area contributed by atoms with E-state index in [-0.39, 0.29) is 11.5 Å². The normalized spacial score (nSPS) is 11.8. The summed E-state index contributed by atoms with van der Waals surface area (Å²) in [4.78, 5) is 3.96. The molecule has 7 heteroatoms. The van der Waals surface area contributed by atoms with Crippen LogP contribution in [0.1, 0.15) is 17.8 Å². The predicted octanol–water partition coefficient (Wildman–Crippen LogP) is 2.65. The van der Waals surface area contributed by atoms with Crippen LogP contribution in [0.2, 0.25) is 0 Å². The summed E-state index contributed by atoms with van der Waals surface area (Å²) in [6.45, 7) is 0.461. The molecule has 0 saturated carbocycles. The van der Waals surface area contributed by atoms with Crippen LogP contribution in [0.5, 0.6) is 0 Å². The lowest BCUT2D eigenvalue weighted by molar-refractivity contribution is -0.137. The van der Waals surface area contributed by atoms with E-state index in [4.69, 9.17) is 10.3 Å². The lowest BCUT2D eigenvalue weighted by Crippen LogP contribution is -2.07. The van der Waals surface area contributed by atoms with E-state index < -0.39 is 11.7 Å².